The number of hydrogen-bond donors (Lipinski definition) is 2. The number of aromatic amines is 1. The molecule has 5 heteroatoms. The third kappa shape index (κ3) is 2.40. The van der Waals surface area contributed by atoms with Gasteiger partial charge < -0.3 is 4.98 Å². The van der Waals surface area contributed by atoms with Gasteiger partial charge in [-0.1, -0.05) is 24.3 Å². The Morgan fingerprint density at radius 2 is 1.95 bits per heavy atom. The molecular weight excluding hydrogens is 274 g/mol. The summed E-state index contributed by atoms with van der Waals surface area (Å²) in [5, 5.41) is 5.32. The van der Waals surface area contributed by atoms with E-state index in [2.05, 4.69) is 25.5 Å². The van der Waals surface area contributed by atoms with Gasteiger partial charge in [-0.3, -0.25) is 4.98 Å². The molecule has 106 valence electrons. The predicted molar refractivity (Wildman–Crippen MR) is 89.1 cm³/mol. The van der Waals surface area contributed by atoms with Crippen LogP contribution in [0.4, 0.5) is 5.95 Å². The number of fused-ring (bicyclic) bond motifs is 2. The monoisotopic (exact) mass is 287 g/mol. The molecular formula is C17H13N5. The van der Waals surface area contributed by atoms with Crippen molar-refractivity contribution in [2.24, 2.45) is 5.10 Å². The number of hydrazone groups is 1. The second kappa shape index (κ2) is 5.29. The number of pyridine rings is 1. The molecule has 0 atom stereocenters. The zero-order valence-corrected chi connectivity index (χ0v) is 11.7. The summed E-state index contributed by atoms with van der Waals surface area (Å²) in [6.07, 6.45) is 3.55. The number of nitrogens with zero attached hydrogens (tertiary/aromatic N) is 3. The van der Waals surface area contributed by atoms with Crippen LogP contribution in [-0.4, -0.2) is 21.2 Å². The summed E-state index contributed by atoms with van der Waals surface area (Å²) in [4.78, 5) is 11.9. The minimum atomic E-state index is 0.625. The van der Waals surface area contributed by atoms with Crippen LogP contribution in [0.3, 0.4) is 0 Å². The average molecular weight is 287 g/mol. The standard InChI is InChI=1S/C17H13N5/c1-2-6-16-15(5-1)20-17(21-16)22-19-11-12-7-8-14-13(10-12)4-3-9-18-14/h1-11H,(H2,20,21,22)/b19-11-. The van der Waals surface area contributed by atoms with Crippen LogP contribution in [0, 0.1) is 0 Å². The smallest absolute Gasteiger partial charge is 0.222 e. The number of nitrogens with one attached hydrogen (secondary N) is 2. The third-order valence-electron chi connectivity index (χ3n) is 3.40. The fourth-order valence-corrected chi connectivity index (χ4v) is 2.35. The van der Waals surface area contributed by atoms with E-state index in [0.717, 1.165) is 27.5 Å². The Balaban J connectivity index is 1.55. The zero-order valence-electron chi connectivity index (χ0n) is 11.7. The first-order valence-electron chi connectivity index (χ1n) is 6.97. The summed E-state index contributed by atoms with van der Waals surface area (Å²) in [6, 6.07) is 17.8. The first-order valence-corrected chi connectivity index (χ1v) is 6.97. The van der Waals surface area contributed by atoms with E-state index in [4.69, 9.17) is 0 Å². The third-order valence-corrected chi connectivity index (χ3v) is 3.40. The first kappa shape index (κ1) is 12.5. The normalized spacial score (nSPS) is 11.5. The predicted octanol–water partition coefficient (Wildman–Crippen LogP) is 3.56. The molecule has 0 saturated carbocycles. The largest absolute Gasteiger partial charge is 0.323 e. The lowest BCUT2D eigenvalue weighted by molar-refractivity contribution is 1.21. The van der Waals surface area contributed by atoms with E-state index in [9.17, 15) is 0 Å². The summed E-state index contributed by atoms with van der Waals surface area (Å²) in [5.41, 5.74) is 6.80. The summed E-state index contributed by atoms with van der Waals surface area (Å²) in [5.74, 6) is 0.625. The van der Waals surface area contributed by atoms with Gasteiger partial charge in [0.15, 0.2) is 0 Å². The molecule has 0 amide bonds. The van der Waals surface area contributed by atoms with Crippen molar-refractivity contribution in [3.05, 3.63) is 66.4 Å². The highest BCUT2D eigenvalue weighted by atomic mass is 15.3. The van der Waals surface area contributed by atoms with E-state index in [1.807, 2.05) is 54.6 Å². The highest BCUT2D eigenvalue weighted by Gasteiger charge is 1.99. The van der Waals surface area contributed by atoms with Gasteiger partial charge in [0.1, 0.15) is 0 Å². The molecule has 2 aromatic carbocycles. The molecule has 0 aliphatic rings. The van der Waals surface area contributed by atoms with Crippen molar-refractivity contribution in [3.8, 4) is 0 Å². The molecule has 2 heterocycles. The van der Waals surface area contributed by atoms with Crippen molar-refractivity contribution < 1.29 is 0 Å². The summed E-state index contributed by atoms with van der Waals surface area (Å²) in [6.45, 7) is 0. The Kier molecular flexibility index (Phi) is 3.01. The number of rotatable bonds is 3. The maximum absolute atomic E-state index is 4.40. The van der Waals surface area contributed by atoms with Crippen LogP contribution >= 0.6 is 0 Å². The average Bonchev–Trinajstić information content (AvgIpc) is 2.97. The molecule has 4 rings (SSSR count). The van der Waals surface area contributed by atoms with Crippen molar-refractivity contribution in [2.45, 2.75) is 0 Å². The van der Waals surface area contributed by atoms with Gasteiger partial charge in [-0.05, 0) is 35.9 Å². The van der Waals surface area contributed by atoms with Crippen LogP contribution in [0.15, 0.2) is 65.9 Å². The molecule has 0 fully saturated rings. The van der Waals surface area contributed by atoms with Gasteiger partial charge in [-0.15, -0.1) is 0 Å². The molecule has 22 heavy (non-hydrogen) atoms. The summed E-state index contributed by atoms with van der Waals surface area (Å²) >= 11 is 0. The molecule has 0 saturated heterocycles. The lowest BCUT2D eigenvalue weighted by atomic mass is 10.1. The minimum absolute atomic E-state index is 0.625. The maximum Gasteiger partial charge on any atom is 0.222 e. The topological polar surface area (TPSA) is 66.0 Å². The van der Waals surface area contributed by atoms with Gasteiger partial charge in [0, 0.05) is 11.6 Å². The second-order valence-corrected chi connectivity index (χ2v) is 4.93. The number of aromatic nitrogens is 3. The van der Waals surface area contributed by atoms with Crippen molar-refractivity contribution >= 4 is 34.1 Å². The Labute approximate surface area is 126 Å². The van der Waals surface area contributed by atoms with Gasteiger partial charge in [0.05, 0.1) is 22.8 Å². The number of H-pyrrole nitrogens is 1. The van der Waals surface area contributed by atoms with Crippen molar-refractivity contribution in [3.63, 3.8) is 0 Å². The molecule has 0 aliphatic carbocycles. The zero-order chi connectivity index (χ0) is 14.8. The van der Waals surface area contributed by atoms with Crippen LogP contribution in [0.1, 0.15) is 5.56 Å². The van der Waals surface area contributed by atoms with E-state index in [-0.39, 0.29) is 0 Å². The van der Waals surface area contributed by atoms with E-state index >= 15 is 0 Å². The number of benzene rings is 2. The SMILES string of the molecule is C(=N/Nc1nc2ccccc2[nH]1)/c1ccc2ncccc2c1. The Hall–Kier alpha value is -3.21. The molecule has 0 radical (unpaired) electrons. The molecule has 0 aliphatic heterocycles. The fraction of sp³-hybridized carbons (Fsp3) is 0. The van der Waals surface area contributed by atoms with Crippen molar-refractivity contribution in [2.75, 3.05) is 5.43 Å². The van der Waals surface area contributed by atoms with Crippen LogP contribution in [0.2, 0.25) is 0 Å². The van der Waals surface area contributed by atoms with E-state index in [1.54, 1.807) is 12.4 Å². The number of hydrogen-bond acceptors (Lipinski definition) is 4. The number of imidazole rings is 1. The van der Waals surface area contributed by atoms with Gasteiger partial charge in [0.2, 0.25) is 5.95 Å². The Morgan fingerprint density at radius 3 is 2.91 bits per heavy atom. The lowest BCUT2D eigenvalue weighted by Gasteiger charge is -1.98. The molecule has 4 aromatic rings. The molecule has 0 spiro atoms. The fourth-order valence-electron chi connectivity index (χ4n) is 2.35. The van der Waals surface area contributed by atoms with Crippen molar-refractivity contribution in [1.29, 1.82) is 0 Å². The van der Waals surface area contributed by atoms with Gasteiger partial charge in [-0.2, -0.15) is 5.10 Å². The van der Waals surface area contributed by atoms with Crippen LogP contribution in [0.25, 0.3) is 21.9 Å². The number of anilines is 1. The van der Waals surface area contributed by atoms with Crippen molar-refractivity contribution in [1.82, 2.24) is 15.0 Å². The molecule has 0 unspecified atom stereocenters. The van der Waals surface area contributed by atoms with Gasteiger partial charge in [-0.25, -0.2) is 10.4 Å². The van der Waals surface area contributed by atoms with Gasteiger partial charge in [0.25, 0.3) is 0 Å². The van der Waals surface area contributed by atoms with Crippen LogP contribution < -0.4 is 5.43 Å². The Bertz CT molecular complexity index is 938. The molecule has 5 nitrogen and oxygen atoms in total. The highest BCUT2D eigenvalue weighted by Crippen LogP contribution is 2.14. The molecule has 0 bridgehead atoms. The summed E-state index contributed by atoms with van der Waals surface area (Å²) in [7, 11) is 0. The Morgan fingerprint density at radius 1 is 1.00 bits per heavy atom. The lowest BCUT2D eigenvalue weighted by Crippen LogP contribution is -1.92. The molecule has 2 aromatic heterocycles. The van der Waals surface area contributed by atoms with E-state index in [1.165, 1.54) is 0 Å². The van der Waals surface area contributed by atoms with Crippen LogP contribution in [0.5, 0.6) is 0 Å². The van der Waals surface area contributed by atoms with E-state index < -0.39 is 0 Å². The quantitative estimate of drug-likeness (QED) is 0.447. The minimum Gasteiger partial charge on any atom is -0.323 e. The first-order chi connectivity index (χ1) is 10.9. The molecule has 2 N–H and O–H groups in total. The van der Waals surface area contributed by atoms with Crippen LogP contribution in [-0.2, 0) is 0 Å². The summed E-state index contributed by atoms with van der Waals surface area (Å²) < 4.78 is 0. The van der Waals surface area contributed by atoms with Gasteiger partial charge >= 0.3 is 0 Å². The number of para-hydroxylation sites is 2. The maximum atomic E-state index is 4.40. The second-order valence-electron chi connectivity index (χ2n) is 4.93. The highest BCUT2D eigenvalue weighted by molar-refractivity contribution is 5.88. The van der Waals surface area contributed by atoms with E-state index in [0.29, 0.717) is 5.95 Å².